The van der Waals surface area contributed by atoms with E-state index in [1.807, 2.05) is 25.9 Å². The number of benzene rings is 1. The minimum Gasteiger partial charge on any atom is -0.389 e. The third-order valence-corrected chi connectivity index (χ3v) is 3.43. The first-order chi connectivity index (χ1) is 9.86. The zero-order chi connectivity index (χ0) is 16.0. The average molecular weight is 295 g/mol. The molecule has 0 heterocycles. The second-order valence-corrected chi connectivity index (χ2v) is 5.42. The van der Waals surface area contributed by atoms with Crippen molar-refractivity contribution in [2.75, 3.05) is 38.6 Å². The van der Waals surface area contributed by atoms with Gasteiger partial charge in [0, 0.05) is 19.2 Å². The molecule has 6 nitrogen and oxygen atoms in total. The highest BCUT2D eigenvalue weighted by atomic mass is 16.6. The molecule has 0 saturated carbocycles. The second-order valence-electron chi connectivity index (χ2n) is 5.42. The Morgan fingerprint density at radius 3 is 2.48 bits per heavy atom. The molecule has 0 aliphatic heterocycles. The van der Waals surface area contributed by atoms with Crippen molar-refractivity contribution >= 4 is 11.4 Å². The van der Waals surface area contributed by atoms with E-state index in [-0.39, 0.29) is 10.6 Å². The standard InChI is InChI=1S/C15H25N3O3/c1-5-17(10-6-9-16(3)4)14-8-7-13(12(2)19)11-15(14)18(20)21/h7-8,11-12,19H,5-6,9-10H2,1-4H3. The van der Waals surface area contributed by atoms with E-state index in [0.717, 1.165) is 19.5 Å². The molecule has 1 rings (SSSR count). The summed E-state index contributed by atoms with van der Waals surface area (Å²) < 4.78 is 0. The summed E-state index contributed by atoms with van der Waals surface area (Å²) in [4.78, 5) is 15.0. The quantitative estimate of drug-likeness (QED) is 0.589. The van der Waals surface area contributed by atoms with E-state index < -0.39 is 6.10 Å². The Labute approximate surface area is 126 Å². The van der Waals surface area contributed by atoms with Gasteiger partial charge in [0.2, 0.25) is 0 Å². The highest BCUT2D eigenvalue weighted by Crippen LogP contribution is 2.31. The summed E-state index contributed by atoms with van der Waals surface area (Å²) in [7, 11) is 4.02. The molecule has 0 spiro atoms. The number of nitro benzene ring substituents is 1. The molecule has 0 radical (unpaired) electrons. The molecular formula is C15H25N3O3. The molecule has 1 aromatic rings. The van der Waals surface area contributed by atoms with Gasteiger partial charge in [0.1, 0.15) is 5.69 Å². The minimum absolute atomic E-state index is 0.0557. The summed E-state index contributed by atoms with van der Waals surface area (Å²) in [6.45, 7) is 6.01. The van der Waals surface area contributed by atoms with E-state index in [2.05, 4.69) is 4.90 Å². The lowest BCUT2D eigenvalue weighted by Crippen LogP contribution is -2.27. The molecule has 118 valence electrons. The zero-order valence-electron chi connectivity index (χ0n) is 13.2. The Kier molecular flexibility index (Phi) is 6.58. The van der Waals surface area contributed by atoms with Gasteiger partial charge in [-0.15, -0.1) is 0 Å². The van der Waals surface area contributed by atoms with Crippen LogP contribution < -0.4 is 4.90 Å². The molecule has 6 heteroatoms. The number of hydrogen-bond acceptors (Lipinski definition) is 5. The summed E-state index contributed by atoms with van der Waals surface area (Å²) in [5, 5.41) is 20.9. The van der Waals surface area contributed by atoms with Gasteiger partial charge in [0.25, 0.3) is 5.69 Å². The van der Waals surface area contributed by atoms with Gasteiger partial charge in [-0.3, -0.25) is 10.1 Å². The predicted molar refractivity (Wildman–Crippen MR) is 84.8 cm³/mol. The van der Waals surface area contributed by atoms with E-state index in [1.165, 1.54) is 6.07 Å². The Morgan fingerprint density at radius 2 is 2.00 bits per heavy atom. The van der Waals surface area contributed by atoms with Gasteiger partial charge < -0.3 is 14.9 Å². The Hall–Kier alpha value is -1.66. The Bertz CT molecular complexity index is 475. The number of aliphatic hydroxyl groups excluding tert-OH is 1. The molecule has 1 unspecified atom stereocenters. The van der Waals surface area contributed by atoms with Crippen LogP contribution in [-0.2, 0) is 0 Å². The van der Waals surface area contributed by atoms with Crippen LogP contribution in [0, 0.1) is 10.1 Å². The van der Waals surface area contributed by atoms with E-state index in [0.29, 0.717) is 17.8 Å². The first-order valence-electron chi connectivity index (χ1n) is 7.22. The van der Waals surface area contributed by atoms with Crippen LogP contribution in [-0.4, -0.2) is 48.7 Å². The number of nitro groups is 1. The van der Waals surface area contributed by atoms with Crippen molar-refractivity contribution < 1.29 is 10.0 Å². The van der Waals surface area contributed by atoms with Crippen molar-refractivity contribution in [3.63, 3.8) is 0 Å². The van der Waals surface area contributed by atoms with Crippen LogP contribution in [0.25, 0.3) is 0 Å². The minimum atomic E-state index is -0.707. The fourth-order valence-electron chi connectivity index (χ4n) is 2.24. The molecule has 21 heavy (non-hydrogen) atoms. The summed E-state index contributed by atoms with van der Waals surface area (Å²) in [5.41, 5.74) is 1.24. The molecule has 1 atom stereocenters. The van der Waals surface area contributed by atoms with Gasteiger partial charge >= 0.3 is 0 Å². The van der Waals surface area contributed by atoms with Crippen LogP contribution in [0.4, 0.5) is 11.4 Å². The van der Waals surface area contributed by atoms with Gasteiger partial charge in [0.05, 0.1) is 11.0 Å². The van der Waals surface area contributed by atoms with Crippen LogP contribution in [0.1, 0.15) is 31.9 Å². The van der Waals surface area contributed by atoms with Crippen molar-refractivity contribution in [1.82, 2.24) is 4.90 Å². The molecule has 0 saturated heterocycles. The molecule has 0 bridgehead atoms. The molecule has 0 fully saturated rings. The number of rotatable bonds is 8. The summed E-state index contributed by atoms with van der Waals surface area (Å²) >= 11 is 0. The highest BCUT2D eigenvalue weighted by Gasteiger charge is 2.20. The molecular weight excluding hydrogens is 270 g/mol. The monoisotopic (exact) mass is 295 g/mol. The maximum atomic E-state index is 11.3. The summed E-state index contributed by atoms with van der Waals surface area (Å²) in [5.74, 6) is 0. The lowest BCUT2D eigenvalue weighted by atomic mass is 10.1. The van der Waals surface area contributed by atoms with Crippen LogP contribution in [0.15, 0.2) is 18.2 Å². The molecule has 0 amide bonds. The van der Waals surface area contributed by atoms with Gasteiger partial charge in [0.15, 0.2) is 0 Å². The second kappa shape index (κ2) is 7.95. The molecule has 0 aliphatic rings. The van der Waals surface area contributed by atoms with Gasteiger partial charge in [-0.05, 0) is 52.5 Å². The van der Waals surface area contributed by atoms with Crippen molar-refractivity contribution in [1.29, 1.82) is 0 Å². The molecule has 0 aromatic heterocycles. The Morgan fingerprint density at radius 1 is 1.33 bits per heavy atom. The number of anilines is 1. The van der Waals surface area contributed by atoms with Crippen LogP contribution in [0.5, 0.6) is 0 Å². The highest BCUT2D eigenvalue weighted by molar-refractivity contribution is 5.64. The third-order valence-electron chi connectivity index (χ3n) is 3.43. The Balaban J connectivity index is 2.99. The number of hydrogen-bond donors (Lipinski definition) is 1. The fraction of sp³-hybridized carbons (Fsp3) is 0.600. The third kappa shape index (κ3) is 4.99. The van der Waals surface area contributed by atoms with Crippen molar-refractivity contribution in [2.24, 2.45) is 0 Å². The number of aliphatic hydroxyl groups is 1. The van der Waals surface area contributed by atoms with Crippen LogP contribution in [0.3, 0.4) is 0 Å². The molecule has 0 aliphatic carbocycles. The largest absolute Gasteiger partial charge is 0.389 e. The van der Waals surface area contributed by atoms with Crippen molar-refractivity contribution in [2.45, 2.75) is 26.4 Å². The van der Waals surface area contributed by atoms with Crippen molar-refractivity contribution in [3.05, 3.63) is 33.9 Å². The van der Waals surface area contributed by atoms with Gasteiger partial charge in [-0.25, -0.2) is 0 Å². The van der Waals surface area contributed by atoms with E-state index in [1.54, 1.807) is 19.1 Å². The molecule has 1 aromatic carbocycles. The lowest BCUT2D eigenvalue weighted by molar-refractivity contribution is -0.384. The van der Waals surface area contributed by atoms with E-state index >= 15 is 0 Å². The van der Waals surface area contributed by atoms with Gasteiger partial charge in [-0.1, -0.05) is 6.07 Å². The lowest BCUT2D eigenvalue weighted by Gasteiger charge is -2.24. The zero-order valence-corrected chi connectivity index (χ0v) is 13.2. The normalized spacial score (nSPS) is 12.5. The fourth-order valence-corrected chi connectivity index (χ4v) is 2.24. The summed E-state index contributed by atoms with van der Waals surface area (Å²) in [6.07, 6.45) is 0.234. The van der Waals surface area contributed by atoms with Crippen molar-refractivity contribution in [3.8, 4) is 0 Å². The SMILES string of the molecule is CCN(CCCN(C)C)c1ccc(C(C)O)cc1[N+](=O)[O-]. The molecule has 1 N–H and O–H groups in total. The van der Waals surface area contributed by atoms with E-state index in [9.17, 15) is 15.2 Å². The first kappa shape index (κ1) is 17.4. The predicted octanol–water partition coefficient (Wildman–Crippen LogP) is 2.43. The first-order valence-corrected chi connectivity index (χ1v) is 7.22. The maximum Gasteiger partial charge on any atom is 0.292 e. The van der Waals surface area contributed by atoms with Gasteiger partial charge in [-0.2, -0.15) is 0 Å². The van der Waals surface area contributed by atoms with E-state index in [4.69, 9.17) is 0 Å². The van der Waals surface area contributed by atoms with Crippen LogP contribution in [0.2, 0.25) is 0 Å². The summed E-state index contributed by atoms with van der Waals surface area (Å²) in [6, 6.07) is 4.95. The number of nitrogens with zero attached hydrogens (tertiary/aromatic N) is 3. The van der Waals surface area contributed by atoms with Crippen LogP contribution >= 0.6 is 0 Å². The smallest absolute Gasteiger partial charge is 0.292 e. The topological polar surface area (TPSA) is 69.8 Å². The maximum absolute atomic E-state index is 11.3. The average Bonchev–Trinajstić information content (AvgIpc) is 2.42.